The van der Waals surface area contributed by atoms with E-state index in [4.69, 9.17) is 15.5 Å². The first-order valence-electron chi connectivity index (χ1n) is 11.5. The Morgan fingerprint density at radius 3 is 1.92 bits per heavy atom. The highest BCUT2D eigenvalue weighted by atomic mass is 32.2. The average molecular weight is 559 g/mol. The molecule has 13 nitrogen and oxygen atoms in total. The Morgan fingerprint density at radius 2 is 1.38 bits per heavy atom. The fourth-order valence-corrected chi connectivity index (χ4v) is 4.71. The molecule has 2 atom stereocenters. The molecule has 0 aliphatic rings. The summed E-state index contributed by atoms with van der Waals surface area (Å²) in [6.45, 7) is 0. The van der Waals surface area contributed by atoms with Crippen LogP contribution in [0.5, 0.6) is 0 Å². The zero-order chi connectivity index (χ0) is 29.0. The van der Waals surface area contributed by atoms with Crippen LogP contribution in [0.1, 0.15) is 47.2 Å². The quantitative estimate of drug-likeness (QED) is 0.216. The van der Waals surface area contributed by atoms with Gasteiger partial charge in [0.05, 0.1) is 17.4 Å². The first-order chi connectivity index (χ1) is 18.4. The lowest BCUT2D eigenvalue weighted by Gasteiger charge is -2.22. The Labute approximate surface area is 223 Å². The van der Waals surface area contributed by atoms with Gasteiger partial charge >= 0.3 is 11.9 Å². The first-order valence-corrected chi connectivity index (χ1v) is 13.2. The molecule has 0 aliphatic carbocycles. The molecule has 206 valence electrons. The summed E-state index contributed by atoms with van der Waals surface area (Å²) in [5.74, 6) is -6.14. The normalized spacial score (nSPS) is 12.4. The summed E-state index contributed by atoms with van der Waals surface area (Å²) in [4.78, 5) is 60.4. The third-order valence-corrected chi connectivity index (χ3v) is 6.63. The number of amides is 3. The molecule has 5 N–H and O–H groups in total. The highest BCUT2D eigenvalue weighted by molar-refractivity contribution is 7.88. The van der Waals surface area contributed by atoms with Gasteiger partial charge in [-0.2, -0.15) is 5.26 Å². The Bertz CT molecular complexity index is 1350. The van der Waals surface area contributed by atoms with Crippen LogP contribution in [0.15, 0.2) is 54.6 Å². The smallest absolute Gasteiger partial charge is 0.303 e. The Hall–Kier alpha value is -4.61. The van der Waals surface area contributed by atoms with Gasteiger partial charge in [-0.25, -0.2) is 13.1 Å². The maximum atomic E-state index is 13.0. The highest BCUT2D eigenvalue weighted by Crippen LogP contribution is 2.09. The van der Waals surface area contributed by atoms with Crippen LogP contribution in [-0.4, -0.2) is 60.4 Å². The van der Waals surface area contributed by atoms with Crippen molar-refractivity contribution in [2.75, 3.05) is 0 Å². The summed E-state index contributed by atoms with van der Waals surface area (Å²) >= 11 is 0. The van der Waals surface area contributed by atoms with Crippen LogP contribution in [0.25, 0.3) is 0 Å². The van der Waals surface area contributed by atoms with Crippen molar-refractivity contribution in [3.63, 3.8) is 0 Å². The SMILES string of the molecule is N#Cc1ccc(C(=O)NC(=O)[C@H](CCC(=O)O)NC(=O)[C@@H](CCC(=O)O)NS(=O)(=O)Cc2ccccc2)cc1. The minimum absolute atomic E-state index is 0.0127. The van der Waals surface area contributed by atoms with Gasteiger partial charge in [-0.05, 0) is 42.7 Å². The molecule has 0 bridgehead atoms. The van der Waals surface area contributed by atoms with E-state index in [1.807, 2.05) is 11.4 Å². The lowest BCUT2D eigenvalue weighted by Crippen LogP contribution is -2.54. The van der Waals surface area contributed by atoms with E-state index in [9.17, 15) is 32.4 Å². The predicted molar refractivity (Wildman–Crippen MR) is 135 cm³/mol. The number of rotatable bonds is 14. The molecule has 0 spiro atoms. The largest absolute Gasteiger partial charge is 0.481 e. The standard InChI is InChI=1S/C25H26N4O9S/c26-14-16-6-8-18(9-7-16)23(34)28-24(35)19(10-12-21(30)31)27-25(36)20(11-13-22(32)33)29-39(37,38)15-17-4-2-1-3-5-17/h1-9,19-20,29H,10-13,15H2,(H,27,36)(H,30,31)(H,32,33)(H,28,34,35)/t19-,20+/m0/s1. The van der Waals surface area contributed by atoms with Crippen molar-refractivity contribution in [2.45, 2.75) is 43.5 Å². The van der Waals surface area contributed by atoms with Crippen LogP contribution < -0.4 is 15.4 Å². The van der Waals surface area contributed by atoms with E-state index in [-0.39, 0.29) is 11.1 Å². The fraction of sp³-hybridized carbons (Fsp3) is 0.280. The minimum atomic E-state index is -4.14. The van der Waals surface area contributed by atoms with Crippen molar-refractivity contribution >= 4 is 39.7 Å². The predicted octanol–water partition coefficient (Wildman–Crippen LogP) is 0.517. The van der Waals surface area contributed by atoms with E-state index >= 15 is 0 Å². The van der Waals surface area contributed by atoms with Crippen LogP contribution in [0.4, 0.5) is 0 Å². The molecule has 39 heavy (non-hydrogen) atoms. The van der Waals surface area contributed by atoms with Crippen molar-refractivity contribution in [3.05, 3.63) is 71.3 Å². The highest BCUT2D eigenvalue weighted by Gasteiger charge is 2.30. The summed E-state index contributed by atoms with van der Waals surface area (Å²) in [5, 5.41) is 31.2. The summed E-state index contributed by atoms with van der Waals surface area (Å²) in [6, 6.07) is 12.0. The third kappa shape index (κ3) is 10.7. The van der Waals surface area contributed by atoms with Crippen LogP contribution in [0.3, 0.4) is 0 Å². The van der Waals surface area contributed by atoms with Gasteiger partial charge in [0, 0.05) is 18.4 Å². The number of hydrogen-bond acceptors (Lipinski definition) is 8. The molecule has 0 heterocycles. The fourth-order valence-electron chi connectivity index (χ4n) is 3.34. The number of carbonyl (C=O) groups is 5. The monoisotopic (exact) mass is 558 g/mol. The lowest BCUT2D eigenvalue weighted by atomic mass is 10.1. The number of nitriles is 1. The molecule has 2 aromatic rings. The molecule has 0 unspecified atom stereocenters. The third-order valence-electron chi connectivity index (χ3n) is 5.28. The topological polar surface area (TPSA) is 220 Å². The number of sulfonamides is 1. The van der Waals surface area contributed by atoms with Crippen LogP contribution in [-0.2, 0) is 35.0 Å². The van der Waals surface area contributed by atoms with Crippen LogP contribution >= 0.6 is 0 Å². The summed E-state index contributed by atoms with van der Waals surface area (Å²) in [7, 11) is -4.14. The van der Waals surface area contributed by atoms with E-state index in [0.29, 0.717) is 5.56 Å². The number of carbonyl (C=O) groups excluding carboxylic acids is 3. The number of nitrogens with zero attached hydrogens (tertiary/aromatic N) is 1. The van der Waals surface area contributed by atoms with Gasteiger partial charge in [-0.15, -0.1) is 0 Å². The molecular weight excluding hydrogens is 532 g/mol. The number of carboxylic acids is 2. The summed E-state index contributed by atoms with van der Waals surface area (Å²) in [6.07, 6.45) is -2.08. The molecule has 2 rings (SSSR count). The van der Waals surface area contributed by atoms with Gasteiger partial charge in [0.15, 0.2) is 0 Å². The van der Waals surface area contributed by atoms with Crippen LogP contribution in [0.2, 0.25) is 0 Å². The number of imide groups is 1. The molecule has 0 saturated carbocycles. The average Bonchev–Trinajstić information content (AvgIpc) is 2.88. The van der Waals surface area contributed by atoms with E-state index in [0.717, 1.165) is 0 Å². The summed E-state index contributed by atoms with van der Waals surface area (Å²) in [5.41, 5.74) is 0.688. The molecule has 0 aliphatic heterocycles. The van der Waals surface area contributed by atoms with Gasteiger partial charge in [-0.3, -0.25) is 29.3 Å². The van der Waals surface area contributed by atoms with Crippen molar-refractivity contribution < 1.29 is 42.6 Å². The number of aliphatic carboxylic acids is 2. The number of hydrogen-bond donors (Lipinski definition) is 5. The van der Waals surface area contributed by atoms with Crippen molar-refractivity contribution in [2.24, 2.45) is 0 Å². The van der Waals surface area contributed by atoms with E-state index in [1.165, 1.54) is 24.3 Å². The molecule has 14 heteroatoms. The molecule has 0 radical (unpaired) electrons. The van der Waals surface area contributed by atoms with Crippen LogP contribution in [0, 0.1) is 11.3 Å². The van der Waals surface area contributed by atoms with E-state index in [2.05, 4.69) is 10.0 Å². The maximum absolute atomic E-state index is 13.0. The molecular formula is C25H26N4O9S. The Balaban J connectivity index is 2.19. The zero-order valence-corrected chi connectivity index (χ0v) is 21.3. The zero-order valence-electron chi connectivity index (χ0n) is 20.5. The molecule has 0 saturated heterocycles. The summed E-state index contributed by atoms with van der Waals surface area (Å²) < 4.78 is 27.5. The van der Waals surface area contributed by atoms with E-state index < -0.39 is 83.2 Å². The molecule has 0 aromatic heterocycles. The number of benzene rings is 2. The van der Waals surface area contributed by atoms with Crippen molar-refractivity contribution in [1.29, 1.82) is 5.26 Å². The van der Waals surface area contributed by atoms with Gasteiger partial charge in [-0.1, -0.05) is 30.3 Å². The van der Waals surface area contributed by atoms with E-state index in [1.54, 1.807) is 30.3 Å². The Morgan fingerprint density at radius 1 is 0.821 bits per heavy atom. The lowest BCUT2D eigenvalue weighted by molar-refractivity contribution is -0.139. The van der Waals surface area contributed by atoms with Crippen molar-refractivity contribution in [1.82, 2.24) is 15.4 Å². The van der Waals surface area contributed by atoms with Gasteiger partial charge in [0.25, 0.3) is 5.91 Å². The number of carboxylic acid groups (broad SMARTS) is 2. The minimum Gasteiger partial charge on any atom is -0.481 e. The molecule has 0 fully saturated rings. The van der Waals surface area contributed by atoms with Crippen molar-refractivity contribution in [3.8, 4) is 6.07 Å². The van der Waals surface area contributed by atoms with Gasteiger partial charge in [0.2, 0.25) is 21.8 Å². The second-order valence-corrected chi connectivity index (χ2v) is 10.1. The Kier molecular flexibility index (Phi) is 11.3. The molecule has 3 amide bonds. The van der Waals surface area contributed by atoms with Gasteiger partial charge in [0.1, 0.15) is 12.1 Å². The molecule has 2 aromatic carbocycles. The maximum Gasteiger partial charge on any atom is 0.303 e. The number of nitrogens with one attached hydrogen (secondary N) is 3. The first kappa shape index (κ1) is 30.6. The second kappa shape index (κ2) is 14.4. The second-order valence-electron chi connectivity index (χ2n) is 8.35. The van der Waals surface area contributed by atoms with Gasteiger partial charge < -0.3 is 15.5 Å².